The van der Waals surface area contributed by atoms with Gasteiger partial charge in [0.1, 0.15) is 22.8 Å². The lowest BCUT2D eigenvalue weighted by Crippen LogP contribution is -2.01. The summed E-state index contributed by atoms with van der Waals surface area (Å²) in [5, 5.41) is 20.7. The maximum atomic E-state index is 12.7. The van der Waals surface area contributed by atoms with Gasteiger partial charge in [0, 0.05) is 46.7 Å². The van der Waals surface area contributed by atoms with Gasteiger partial charge in [0.15, 0.2) is 5.76 Å². The Hall–Kier alpha value is -2.92. The van der Waals surface area contributed by atoms with E-state index in [4.69, 9.17) is 16.3 Å². The van der Waals surface area contributed by atoms with E-state index in [1.54, 1.807) is 6.08 Å². The zero-order valence-corrected chi connectivity index (χ0v) is 16.2. The van der Waals surface area contributed by atoms with Crippen molar-refractivity contribution in [2.75, 3.05) is 5.88 Å². The molecule has 0 unspecified atom stereocenters. The Kier molecular flexibility index (Phi) is 4.77. The first kappa shape index (κ1) is 18.4. The summed E-state index contributed by atoms with van der Waals surface area (Å²) in [5.41, 5.74) is 3.10. The largest absolute Gasteiger partial charge is 0.508 e. The number of phenolic OH excluding ortho intramolecular Hbond substituents is 2. The average Bonchev–Trinajstić information content (AvgIpc) is 3.11. The quantitative estimate of drug-likeness (QED) is 0.361. The van der Waals surface area contributed by atoms with Crippen molar-refractivity contribution in [3.05, 3.63) is 59.0 Å². The van der Waals surface area contributed by atoms with Crippen LogP contribution in [0.1, 0.15) is 34.5 Å². The van der Waals surface area contributed by atoms with Gasteiger partial charge in [-0.1, -0.05) is 18.2 Å². The molecule has 2 heterocycles. The zero-order valence-electron chi connectivity index (χ0n) is 15.4. The first-order chi connectivity index (χ1) is 13.5. The van der Waals surface area contributed by atoms with Gasteiger partial charge in [0.25, 0.3) is 0 Å². The number of carbonyl (C=O) groups excluding carboxylic acids is 1. The number of nitrogens with zero attached hydrogens (tertiary/aromatic N) is 1. The summed E-state index contributed by atoms with van der Waals surface area (Å²) in [7, 11) is 0. The summed E-state index contributed by atoms with van der Waals surface area (Å²) in [5.74, 6) is 0.0818. The standard InChI is InChI=1S/C22H20ClNO4/c1-13-16(15-6-2-3-7-17(15)24(13)9-5-4-8-23)12-20-22(27)21-18(26)10-14(25)11-19(21)28-20/h2-3,6-7,10-12,25-26H,4-5,8-9H2,1H3. The minimum absolute atomic E-state index is 0.0764. The summed E-state index contributed by atoms with van der Waals surface area (Å²) in [6.07, 6.45) is 3.62. The fourth-order valence-electron chi connectivity index (χ4n) is 3.70. The smallest absolute Gasteiger partial charge is 0.235 e. The van der Waals surface area contributed by atoms with E-state index >= 15 is 0 Å². The number of hydrogen-bond acceptors (Lipinski definition) is 4. The van der Waals surface area contributed by atoms with Crippen molar-refractivity contribution in [3.8, 4) is 17.2 Å². The van der Waals surface area contributed by atoms with Crippen LogP contribution in [0, 0.1) is 6.92 Å². The maximum Gasteiger partial charge on any atom is 0.235 e. The number of aromatic nitrogens is 1. The van der Waals surface area contributed by atoms with E-state index in [2.05, 4.69) is 10.6 Å². The number of allylic oxidation sites excluding steroid dienone is 1. The molecule has 0 spiro atoms. The average molecular weight is 398 g/mol. The Morgan fingerprint density at radius 3 is 2.75 bits per heavy atom. The summed E-state index contributed by atoms with van der Waals surface area (Å²) in [4.78, 5) is 12.7. The first-order valence-corrected chi connectivity index (χ1v) is 9.68. The number of carbonyl (C=O) groups is 1. The van der Waals surface area contributed by atoms with Crippen molar-refractivity contribution in [2.45, 2.75) is 26.3 Å². The summed E-state index contributed by atoms with van der Waals surface area (Å²) >= 11 is 5.82. The van der Waals surface area contributed by atoms with Gasteiger partial charge in [0.2, 0.25) is 5.78 Å². The van der Waals surface area contributed by atoms with Gasteiger partial charge in [-0.15, -0.1) is 11.6 Å². The lowest BCUT2D eigenvalue weighted by molar-refractivity contribution is 0.101. The lowest BCUT2D eigenvalue weighted by Gasteiger charge is -2.07. The summed E-state index contributed by atoms with van der Waals surface area (Å²) in [6.45, 7) is 2.86. The molecule has 0 saturated carbocycles. The number of benzene rings is 2. The second-order valence-electron chi connectivity index (χ2n) is 6.84. The van der Waals surface area contributed by atoms with Crippen molar-refractivity contribution < 1.29 is 19.7 Å². The van der Waals surface area contributed by atoms with Crippen molar-refractivity contribution in [1.82, 2.24) is 4.57 Å². The minimum atomic E-state index is -0.397. The molecular weight excluding hydrogens is 378 g/mol. The number of halogens is 1. The van der Waals surface area contributed by atoms with Crippen LogP contribution in [0.4, 0.5) is 0 Å². The highest BCUT2D eigenvalue weighted by Gasteiger charge is 2.31. The van der Waals surface area contributed by atoms with Gasteiger partial charge in [-0.05, 0) is 31.9 Å². The van der Waals surface area contributed by atoms with Crippen LogP contribution < -0.4 is 4.74 Å². The lowest BCUT2D eigenvalue weighted by atomic mass is 10.1. The van der Waals surface area contributed by atoms with E-state index in [1.807, 2.05) is 25.1 Å². The third kappa shape index (κ3) is 3.02. The van der Waals surface area contributed by atoms with E-state index in [-0.39, 0.29) is 28.6 Å². The van der Waals surface area contributed by atoms with Crippen LogP contribution in [0.15, 0.2) is 42.2 Å². The molecule has 0 bridgehead atoms. The Morgan fingerprint density at radius 2 is 1.96 bits per heavy atom. The van der Waals surface area contributed by atoms with Crippen LogP contribution in [-0.4, -0.2) is 26.4 Å². The second kappa shape index (κ2) is 7.24. The molecule has 0 atom stereocenters. The molecule has 5 nitrogen and oxygen atoms in total. The Labute approximate surface area is 167 Å². The van der Waals surface area contributed by atoms with Gasteiger partial charge >= 0.3 is 0 Å². The molecule has 0 aliphatic carbocycles. The van der Waals surface area contributed by atoms with Gasteiger partial charge in [-0.2, -0.15) is 0 Å². The van der Waals surface area contributed by atoms with Gasteiger partial charge in [0.05, 0.1) is 0 Å². The summed E-state index contributed by atoms with van der Waals surface area (Å²) in [6, 6.07) is 10.5. The molecule has 4 rings (SSSR count). The molecule has 0 fully saturated rings. The van der Waals surface area contributed by atoms with Gasteiger partial charge in [-0.3, -0.25) is 4.79 Å². The summed E-state index contributed by atoms with van der Waals surface area (Å²) < 4.78 is 7.89. The van der Waals surface area contributed by atoms with Crippen LogP contribution in [0.2, 0.25) is 0 Å². The molecule has 0 radical (unpaired) electrons. The Balaban J connectivity index is 1.79. The van der Waals surface area contributed by atoms with Crippen LogP contribution in [-0.2, 0) is 6.54 Å². The number of alkyl halides is 1. The third-order valence-corrected chi connectivity index (χ3v) is 5.32. The monoisotopic (exact) mass is 397 g/mol. The second-order valence-corrected chi connectivity index (χ2v) is 7.22. The number of unbranched alkanes of at least 4 members (excludes halogenated alkanes) is 1. The molecule has 28 heavy (non-hydrogen) atoms. The molecule has 0 saturated heterocycles. The molecule has 1 aliphatic heterocycles. The Bertz CT molecular complexity index is 1110. The molecule has 1 aliphatic rings. The minimum Gasteiger partial charge on any atom is -0.508 e. The van der Waals surface area contributed by atoms with Crippen LogP contribution in [0.3, 0.4) is 0 Å². The number of rotatable bonds is 5. The number of aryl methyl sites for hydroxylation is 1. The highest BCUT2D eigenvalue weighted by Crippen LogP contribution is 2.41. The highest BCUT2D eigenvalue weighted by molar-refractivity contribution is 6.18. The van der Waals surface area contributed by atoms with E-state index in [0.29, 0.717) is 5.88 Å². The SMILES string of the molecule is Cc1c(C=C2Oc3cc(O)cc(O)c3C2=O)c2ccccc2n1CCCCCl. The molecule has 6 heteroatoms. The molecule has 2 aromatic carbocycles. The van der Waals surface area contributed by atoms with E-state index in [9.17, 15) is 15.0 Å². The number of aromatic hydroxyl groups is 2. The third-order valence-electron chi connectivity index (χ3n) is 5.06. The first-order valence-electron chi connectivity index (χ1n) is 9.15. The van der Waals surface area contributed by atoms with Crippen molar-refractivity contribution in [2.24, 2.45) is 0 Å². The number of Topliss-reactive ketones (excluding diaryl/α,β-unsaturated/α-hetero) is 1. The van der Waals surface area contributed by atoms with Gasteiger partial charge in [-0.25, -0.2) is 0 Å². The molecule has 0 amide bonds. The molecule has 2 N–H and O–H groups in total. The normalized spacial score (nSPS) is 14.6. The van der Waals surface area contributed by atoms with E-state index in [1.165, 1.54) is 6.07 Å². The van der Waals surface area contributed by atoms with Crippen molar-refractivity contribution in [1.29, 1.82) is 0 Å². The number of ether oxygens (including phenoxy) is 1. The van der Waals surface area contributed by atoms with Crippen molar-refractivity contribution in [3.63, 3.8) is 0 Å². The zero-order chi connectivity index (χ0) is 19.8. The molecule has 1 aromatic heterocycles. The van der Waals surface area contributed by atoms with Crippen molar-refractivity contribution >= 4 is 34.4 Å². The highest BCUT2D eigenvalue weighted by atomic mass is 35.5. The predicted octanol–water partition coefficient (Wildman–Crippen LogP) is 5.00. The number of fused-ring (bicyclic) bond motifs is 2. The molecular formula is C22H20ClNO4. The predicted molar refractivity (Wildman–Crippen MR) is 109 cm³/mol. The van der Waals surface area contributed by atoms with Crippen LogP contribution >= 0.6 is 11.6 Å². The fraction of sp³-hybridized carbons (Fsp3) is 0.227. The van der Waals surface area contributed by atoms with E-state index in [0.717, 1.165) is 47.6 Å². The Morgan fingerprint density at radius 1 is 1.18 bits per heavy atom. The van der Waals surface area contributed by atoms with Crippen LogP contribution in [0.25, 0.3) is 17.0 Å². The number of phenols is 2. The number of para-hydroxylation sites is 1. The molecule has 3 aromatic rings. The van der Waals surface area contributed by atoms with Crippen LogP contribution in [0.5, 0.6) is 17.2 Å². The van der Waals surface area contributed by atoms with E-state index < -0.39 is 5.78 Å². The molecule has 144 valence electrons. The maximum absolute atomic E-state index is 12.7. The number of ketones is 1. The topological polar surface area (TPSA) is 71.7 Å². The fourth-order valence-corrected chi connectivity index (χ4v) is 3.89. The number of hydrogen-bond donors (Lipinski definition) is 2. The van der Waals surface area contributed by atoms with Gasteiger partial charge < -0.3 is 19.5 Å².